The normalized spacial score (nSPS) is 22.8. The number of nitriles is 1. The molecule has 1 atom stereocenters. The van der Waals surface area contributed by atoms with Gasteiger partial charge in [-0.15, -0.1) is 0 Å². The predicted molar refractivity (Wildman–Crippen MR) is 75.8 cm³/mol. The van der Waals surface area contributed by atoms with E-state index < -0.39 is 5.41 Å². The number of halogens is 1. The lowest BCUT2D eigenvalue weighted by atomic mass is 9.72. The molecule has 2 rings (SSSR count). The number of Topliss-reactive ketones (excluding diaryl/α,β-unsaturated/α-hetero) is 1. The van der Waals surface area contributed by atoms with Crippen LogP contribution in [0.2, 0.25) is 0 Å². The molecule has 0 saturated heterocycles. The summed E-state index contributed by atoms with van der Waals surface area (Å²) in [5, 5.41) is 9.32. The Labute approximate surface area is 121 Å². The van der Waals surface area contributed by atoms with Gasteiger partial charge in [-0.1, -0.05) is 28.4 Å². The Bertz CT molecular complexity index is 509. The third kappa shape index (κ3) is 3.36. The number of benzene rings is 1. The molecule has 3 nitrogen and oxygen atoms in total. The van der Waals surface area contributed by atoms with Crippen LogP contribution < -0.4 is 4.74 Å². The molecule has 0 aliphatic heterocycles. The summed E-state index contributed by atoms with van der Waals surface area (Å²) >= 11 is 3.38. The molecule has 0 amide bonds. The largest absolute Gasteiger partial charge is 0.493 e. The zero-order chi connectivity index (χ0) is 13.7. The number of carbonyl (C=O) groups excluding carboxylic acids is 1. The minimum absolute atomic E-state index is 0.0825. The van der Waals surface area contributed by atoms with Gasteiger partial charge in [0.1, 0.15) is 11.2 Å². The van der Waals surface area contributed by atoms with Gasteiger partial charge in [0.2, 0.25) is 0 Å². The highest BCUT2D eigenvalue weighted by Crippen LogP contribution is 2.36. The molecular formula is C15H16BrNO2. The Balaban J connectivity index is 1.94. The molecule has 4 heteroatoms. The van der Waals surface area contributed by atoms with Crippen molar-refractivity contribution in [1.82, 2.24) is 0 Å². The van der Waals surface area contributed by atoms with E-state index in [0.29, 0.717) is 25.9 Å². The van der Waals surface area contributed by atoms with Crippen LogP contribution in [0.25, 0.3) is 0 Å². The highest BCUT2D eigenvalue weighted by Gasteiger charge is 2.39. The fourth-order valence-electron chi connectivity index (χ4n) is 2.43. The summed E-state index contributed by atoms with van der Waals surface area (Å²) in [7, 11) is 0. The molecule has 0 aromatic heterocycles. The highest BCUT2D eigenvalue weighted by atomic mass is 79.9. The van der Waals surface area contributed by atoms with Crippen LogP contribution in [0.4, 0.5) is 0 Å². The summed E-state index contributed by atoms with van der Waals surface area (Å²) in [5.41, 5.74) is -0.815. The molecule has 1 aliphatic rings. The molecule has 1 unspecified atom stereocenters. The van der Waals surface area contributed by atoms with Crippen molar-refractivity contribution in [3.05, 3.63) is 28.7 Å². The van der Waals surface area contributed by atoms with Crippen LogP contribution in [0, 0.1) is 16.7 Å². The molecule has 0 bridgehead atoms. The van der Waals surface area contributed by atoms with E-state index in [9.17, 15) is 10.1 Å². The molecule has 1 fully saturated rings. The van der Waals surface area contributed by atoms with E-state index in [1.807, 2.05) is 24.3 Å². The van der Waals surface area contributed by atoms with E-state index in [0.717, 1.165) is 23.1 Å². The van der Waals surface area contributed by atoms with Crippen molar-refractivity contribution in [3.63, 3.8) is 0 Å². The monoisotopic (exact) mass is 321 g/mol. The van der Waals surface area contributed by atoms with Crippen molar-refractivity contribution in [2.24, 2.45) is 5.41 Å². The van der Waals surface area contributed by atoms with E-state index in [-0.39, 0.29) is 5.78 Å². The quantitative estimate of drug-likeness (QED) is 0.845. The second-order valence-electron chi connectivity index (χ2n) is 4.88. The second-order valence-corrected chi connectivity index (χ2v) is 5.80. The van der Waals surface area contributed by atoms with Gasteiger partial charge in [0.25, 0.3) is 0 Å². The average molecular weight is 322 g/mol. The van der Waals surface area contributed by atoms with Crippen LogP contribution in [0.5, 0.6) is 5.75 Å². The Kier molecular flexibility index (Phi) is 4.60. The van der Waals surface area contributed by atoms with Crippen LogP contribution in [0.15, 0.2) is 28.7 Å². The molecule has 0 spiro atoms. The first kappa shape index (κ1) is 14.1. The van der Waals surface area contributed by atoms with Crippen molar-refractivity contribution < 1.29 is 9.53 Å². The van der Waals surface area contributed by atoms with Gasteiger partial charge in [-0.3, -0.25) is 4.79 Å². The first-order valence-electron chi connectivity index (χ1n) is 6.49. The molecule has 1 aromatic carbocycles. The van der Waals surface area contributed by atoms with Crippen LogP contribution in [-0.2, 0) is 4.79 Å². The van der Waals surface area contributed by atoms with E-state index in [1.165, 1.54) is 0 Å². The van der Waals surface area contributed by atoms with Gasteiger partial charge < -0.3 is 4.74 Å². The third-order valence-electron chi connectivity index (χ3n) is 3.60. The molecule has 1 saturated carbocycles. The second kappa shape index (κ2) is 6.21. The van der Waals surface area contributed by atoms with Gasteiger partial charge in [-0.2, -0.15) is 5.26 Å². The minimum atomic E-state index is -0.815. The maximum atomic E-state index is 12.0. The summed E-state index contributed by atoms with van der Waals surface area (Å²) in [5.74, 6) is 0.838. The standard InChI is InChI=1S/C15H16BrNO2/c16-12-4-3-5-13(10-12)19-9-8-15(11-17)7-2-1-6-14(15)18/h3-5,10H,1-2,6-9H2. The van der Waals surface area contributed by atoms with Gasteiger partial charge >= 0.3 is 0 Å². The minimum Gasteiger partial charge on any atom is -0.493 e. The van der Waals surface area contributed by atoms with E-state index >= 15 is 0 Å². The molecular weight excluding hydrogens is 306 g/mol. The van der Waals surface area contributed by atoms with Crippen molar-refractivity contribution in [1.29, 1.82) is 5.26 Å². The van der Waals surface area contributed by atoms with Gasteiger partial charge in [0.15, 0.2) is 5.78 Å². The fourth-order valence-corrected chi connectivity index (χ4v) is 2.81. The highest BCUT2D eigenvalue weighted by molar-refractivity contribution is 9.10. The van der Waals surface area contributed by atoms with Crippen LogP contribution in [-0.4, -0.2) is 12.4 Å². The van der Waals surface area contributed by atoms with Gasteiger partial charge in [0, 0.05) is 17.3 Å². The Morgan fingerprint density at radius 1 is 1.42 bits per heavy atom. The van der Waals surface area contributed by atoms with Crippen LogP contribution >= 0.6 is 15.9 Å². The molecule has 0 heterocycles. The maximum absolute atomic E-state index is 12.0. The summed E-state index contributed by atoms with van der Waals surface area (Å²) in [4.78, 5) is 12.0. The van der Waals surface area contributed by atoms with Crippen molar-refractivity contribution in [3.8, 4) is 11.8 Å². The summed E-state index contributed by atoms with van der Waals surface area (Å²) < 4.78 is 6.58. The lowest BCUT2D eigenvalue weighted by Gasteiger charge is -2.28. The molecule has 0 radical (unpaired) electrons. The summed E-state index contributed by atoms with van der Waals surface area (Å²) in [6.07, 6.45) is 3.55. The average Bonchev–Trinajstić information content (AvgIpc) is 2.41. The number of carbonyl (C=O) groups is 1. The van der Waals surface area contributed by atoms with Crippen LogP contribution in [0.3, 0.4) is 0 Å². The molecule has 100 valence electrons. The smallest absolute Gasteiger partial charge is 0.153 e. The van der Waals surface area contributed by atoms with Gasteiger partial charge in [-0.25, -0.2) is 0 Å². The summed E-state index contributed by atoms with van der Waals surface area (Å²) in [6.45, 7) is 0.399. The van der Waals surface area contributed by atoms with E-state index in [4.69, 9.17) is 4.74 Å². The molecule has 0 N–H and O–H groups in total. The number of ketones is 1. The Morgan fingerprint density at radius 2 is 2.26 bits per heavy atom. The lowest BCUT2D eigenvalue weighted by Crippen LogP contribution is -2.34. The first-order valence-corrected chi connectivity index (χ1v) is 7.28. The number of rotatable bonds is 4. The summed E-state index contributed by atoms with van der Waals surface area (Å²) in [6, 6.07) is 9.79. The number of nitrogens with zero attached hydrogens (tertiary/aromatic N) is 1. The van der Waals surface area contributed by atoms with Crippen molar-refractivity contribution in [2.45, 2.75) is 32.1 Å². The number of hydrogen-bond acceptors (Lipinski definition) is 3. The van der Waals surface area contributed by atoms with E-state index in [2.05, 4.69) is 22.0 Å². The Hall–Kier alpha value is -1.34. The molecule has 1 aliphatic carbocycles. The Morgan fingerprint density at radius 3 is 2.95 bits per heavy atom. The molecule has 19 heavy (non-hydrogen) atoms. The maximum Gasteiger partial charge on any atom is 0.153 e. The van der Waals surface area contributed by atoms with Gasteiger partial charge in [0.05, 0.1) is 12.7 Å². The number of hydrogen-bond donors (Lipinski definition) is 0. The topological polar surface area (TPSA) is 50.1 Å². The van der Waals surface area contributed by atoms with E-state index in [1.54, 1.807) is 0 Å². The molecule has 1 aromatic rings. The van der Waals surface area contributed by atoms with Crippen molar-refractivity contribution in [2.75, 3.05) is 6.61 Å². The first-order chi connectivity index (χ1) is 9.16. The predicted octanol–water partition coefficient (Wildman–Crippen LogP) is 3.87. The zero-order valence-corrected chi connectivity index (χ0v) is 12.3. The fraction of sp³-hybridized carbons (Fsp3) is 0.467. The van der Waals surface area contributed by atoms with Crippen molar-refractivity contribution >= 4 is 21.7 Å². The SMILES string of the molecule is N#CC1(CCOc2cccc(Br)c2)CCCCC1=O. The lowest BCUT2D eigenvalue weighted by molar-refractivity contribution is -0.128. The van der Waals surface area contributed by atoms with Gasteiger partial charge in [-0.05, 0) is 31.0 Å². The third-order valence-corrected chi connectivity index (χ3v) is 4.09. The number of ether oxygens (including phenoxy) is 1. The van der Waals surface area contributed by atoms with Crippen LogP contribution in [0.1, 0.15) is 32.1 Å². The zero-order valence-electron chi connectivity index (χ0n) is 10.7.